The van der Waals surface area contributed by atoms with Crippen molar-refractivity contribution in [3.8, 4) is 0 Å². The number of nitrogens with two attached hydrogens (primary N) is 1. The topological polar surface area (TPSA) is 26.0 Å². The van der Waals surface area contributed by atoms with Crippen LogP contribution in [0.25, 0.3) is 0 Å². The summed E-state index contributed by atoms with van der Waals surface area (Å²) in [6.07, 6.45) is 1.40. The summed E-state index contributed by atoms with van der Waals surface area (Å²) in [4.78, 5) is 0. The van der Waals surface area contributed by atoms with Gasteiger partial charge >= 0.3 is 0 Å². The molecule has 2 aromatic carbocycles. The maximum Gasteiger partial charge on any atom is 0.126 e. The molecule has 2 aromatic rings. The number of halogens is 2. The maximum atomic E-state index is 13.2. The van der Waals surface area contributed by atoms with E-state index in [-0.39, 0.29) is 5.92 Å². The number of hydrogen-bond acceptors (Lipinski definition) is 1. The van der Waals surface area contributed by atoms with Crippen LogP contribution in [0.15, 0.2) is 42.5 Å². The zero-order valence-corrected chi connectivity index (χ0v) is 11.6. The van der Waals surface area contributed by atoms with Crippen LogP contribution in [-0.4, -0.2) is 6.54 Å². The van der Waals surface area contributed by atoms with Gasteiger partial charge in [0.25, 0.3) is 0 Å². The van der Waals surface area contributed by atoms with Gasteiger partial charge < -0.3 is 5.73 Å². The Morgan fingerprint density at radius 3 is 2.00 bits per heavy atom. The van der Waals surface area contributed by atoms with Gasteiger partial charge in [-0.05, 0) is 55.5 Å². The summed E-state index contributed by atoms with van der Waals surface area (Å²) in [6, 6.07) is 11.9. The van der Waals surface area contributed by atoms with Crippen LogP contribution in [0.2, 0.25) is 0 Å². The van der Waals surface area contributed by atoms with Gasteiger partial charge in [0.2, 0.25) is 0 Å². The van der Waals surface area contributed by atoms with Crippen LogP contribution >= 0.6 is 0 Å². The average Bonchev–Trinajstić information content (AvgIpc) is 2.39. The average molecular weight is 275 g/mol. The SMILES string of the molecule is Cc1ccc(CC(CN)Cc2cc(F)cc(F)c2)cc1. The van der Waals surface area contributed by atoms with Gasteiger partial charge in [-0.3, -0.25) is 0 Å². The molecule has 0 saturated carbocycles. The van der Waals surface area contributed by atoms with Crippen LogP contribution in [0.3, 0.4) is 0 Å². The summed E-state index contributed by atoms with van der Waals surface area (Å²) in [7, 11) is 0. The monoisotopic (exact) mass is 275 g/mol. The van der Waals surface area contributed by atoms with E-state index in [9.17, 15) is 8.78 Å². The molecule has 0 spiro atoms. The Labute approximate surface area is 118 Å². The molecule has 0 aliphatic carbocycles. The lowest BCUT2D eigenvalue weighted by atomic mass is 9.92. The first-order valence-corrected chi connectivity index (χ1v) is 6.77. The standard InChI is InChI=1S/C17H19F2N/c1-12-2-4-13(5-3-12)6-15(11-20)7-14-8-16(18)10-17(19)9-14/h2-5,8-10,15H,6-7,11,20H2,1H3. The van der Waals surface area contributed by atoms with E-state index in [1.54, 1.807) is 0 Å². The highest BCUT2D eigenvalue weighted by atomic mass is 19.1. The lowest BCUT2D eigenvalue weighted by molar-refractivity contribution is 0.524. The van der Waals surface area contributed by atoms with Gasteiger partial charge in [0.15, 0.2) is 0 Å². The van der Waals surface area contributed by atoms with Crippen molar-refractivity contribution in [2.45, 2.75) is 19.8 Å². The Morgan fingerprint density at radius 1 is 0.900 bits per heavy atom. The molecule has 0 amide bonds. The molecule has 1 unspecified atom stereocenters. The smallest absolute Gasteiger partial charge is 0.126 e. The van der Waals surface area contributed by atoms with Crippen LogP contribution in [0, 0.1) is 24.5 Å². The van der Waals surface area contributed by atoms with E-state index in [0.29, 0.717) is 18.5 Å². The van der Waals surface area contributed by atoms with Crippen molar-refractivity contribution >= 4 is 0 Å². The summed E-state index contributed by atoms with van der Waals surface area (Å²) in [5.74, 6) is -0.892. The Balaban J connectivity index is 2.06. The molecule has 1 atom stereocenters. The molecule has 1 nitrogen and oxygen atoms in total. The highest BCUT2D eigenvalue weighted by Crippen LogP contribution is 2.16. The van der Waals surface area contributed by atoms with E-state index in [0.717, 1.165) is 12.5 Å². The molecule has 0 aliphatic rings. The van der Waals surface area contributed by atoms with Crippen molar-refractivity contribution < 1.29 is 8.78 Å². The van der Waals surface area contributed by atoms with Crippen molar-refractivity contribution in [2.75, 3.05) is 6.54 Å². The molecule has 0 aliphatic heterocycles. The minimum Gasteiger partial charge on any atom is -0.330 e. The molecule has 20 heavy (non-hydrogen) atoms. The van der Waals surface area contributed by atoms with Gasteiger partial charge in [0.05, 0.1) is 0 Å². The van der Waals surface area contributed by atoms with Crippen LogP contribution in [0.4, 0.5) is 8.78 Å². The third kappa shape index (κ3) is 4.14. The largest absolute Gasteiger partial charge is 0.330 e. The first-order chi connectivity index (χ1) is 9.56. The zero-order chi connectivity index (χ0) is 14.5. The van der Waals surface area contributed by atoms with Gasteiger partial charge in [0, 0.05) is 6.07 Å². The quantitative estimate of drug-likeness (QED) is 0.886. The Bertz CT molecular complexity index is 543. The fourth-order valence-corrected chi connectivity index (χ4v) is 2.36. The molecular weight excluding hydrogens is 256 g/mol. The van der Waals surface area contributed by atoms with Gasteiger partial charge in [-0.2, -0.15) is 0 Å². The fraction of sp³-hybridized carbons (Fsp3) is 0.294. The van der Waals surface area contributed by atoms with Gasteiger partial charge in [-0.1, -0.05) is 29.8 Å². The predicted molar refractivity (Wildman–Crippen MR) is 77.5 cm³/mol. The summed E-state index contributed by atoms with van der Waals surface area (Å²) in [5, 5.41) is 0. The number of hydrogen-bond donors (Lipinski definition) is 1. The van der Waals surface area contributed by atoms with E-state index in [4.69, 9.17) is 5.73 Å². The molecule has 0 radical (unpaired) electrons. The second-order valence-corrected chi connectivity index (χ2v) is 5.27. The van der Waals surface area contributed by atoms with Crippen molar-refractivity contribution in [1.29, 1.82) is 0 Å². The van der Waals surface area contributed by atoms with E-state index < -0.39 is 11.6 Å². The molecule has 0 saturated heterocycles. The first kappa shape index (κ1) is 14.7. The second-order valence-electron chi connectivity index (χ2n) is 5.27. The Hall–Kier alpha value is -1.74. The summed E-state index contributed by atoms with van der Waals surface area (Å²) in [6.45, 7) is 2.53. The van der Waals surface area contributed by atoms with E-state index in [1.165, 1.54) is 23.3 Å². The summed E-state index contributed by atoms with van der Waals surface area (Å²) < 4.78 is 26.4. The molecule has 3 heteroatoms. The maximum absolute atomic E-state index is 13.2. The molecule has 0 aromatic heterocycles. The van der Waals surface area contributed by atoms with Crippen molar-refractivity contribution in [3.05, 3.63) is 70.8 Å². The molecule has 2 N–H and O–H groups in total. The van der Waals surface area contributed by atoms with Crippen LogP contribution in [-0.2, 0) is 12.8 Å². The second kappa shape index (κ2) is 6.62. The van der Waals surface area contributed by atoms with Crippen LogP contribution < -0.4 is 5.73 Å². The highest BCUT2D eigenvalue weighted by molar-refractivity contribution is 5.23. The lowest BCUT2D eigenvalue weighted by Crippen LogP contribution is -2.19. The predicted octanol–water partition coefficient (Wildman–Crippen LogP) is 3.63. The van der Waals surface area contributed by atoms with Gasteiger partial charge in [-0.25, -0.2) is 8.78 Å². The lowest BCUT2D eigenvalue weighted by Gasteiger charge is -2.15. The zero-order valence-electron chi connectivity index (χ0n) is 11.6. The minimum absolute atomic E-state index is 0.180. The Morgan fingerprint density at radius 2 is 1.45 bits per heavy atom. The van der Waals surface area contributed by atoms with Crippen LogP contribution in [0.5, 0.6) is 0 Å². The van der Waals surface area contributed by atoms with Crippen molar-refractivity contribution in [1.82, 2.24) is 0 Å². The molecule has 106 valence electrons. The van der Waals surface area contributed by atoms with Crippen molar-refractivity contribution in [3.63, 3.8) is 0 Å². The van der Waals surface area contributed by atoms with Crippen molar-refractivity contribution in [2.24, 2.45) is 11.7 Å². The van der Waals surface area contributed by atoms with E-state index >= 15 is 0 Å². The van der Waals surface area contributed by atoms with E-state index in [2.05, 4.69) is 24.3 Å². The molecule has 0 bridgehead atoms. The molecular formula is C17H19F2N. The third-order valence-corrected chi connectivity index (χ3v) is 3.43. The third-order valence-electron chi connectivity index (χ3n) is 3.43. The highest BCUT2D eigenvalue weighted by Gasteiger charge is 2.11. The van der Waals surface area contributed by atoms with E-state index in [1.807, 2.05) is 6.92 Å². The van der Waals surface area contributed by atoms with Gasteiger partial charge in [0.1, 0.15) is 11.6 Å². The molecule has 0 heterocycles. The van der Waals surface area contributed by atoms with Crippen LogP contribution in [0.1, 0.15) is 16.7 Å². The molecule has 0 fully saturated rings. The summed E-state index contributed by atoms with van der Waals surface area (Å²) >= 11 is 0. The summed E-state index contributed by atoms with van der Waals surface area (Å²) in [5.41, 5.74) is 8.85. The normalized spacial score (nSPS) is 12.4. The Kier molecular flexibility index (Phi) is 4.85. The number of rotatable bonds is 5. The molecule has 2 rings (SSSR count). The number of aryl methyl sites for hydroxylation is 1. The number of benzene rings is 2. The minimum atomic E-state index is -0.536. The van der Waals surface area contributed by atoms with Gasteiger partial charge in [-0.15, -0.1) is 0 Å². The fourth-order valence-electron chi connectivity index (χ4n) is 2.36. The first-order valence-electron chi connectivity index (χ1n) is 6.77.